The summed E-state index contributed by atoms with van der Waals surface area (Å²) >= 11 is 0. The van der Waals surface area contributed by atoms with Gasteiger partial charge in [-0.2, -0.15) is 0 Å². The van der Waals surface area contributed by atoms with Gasteiger partial charge >= 0.3 is 0 Å². The molecule has 1 aliphatic rings. The van der Waals surface area contributed by atoms with Gasteiger partial charge < -0.3 is 50.5 Å². The van der Waals surface area contributed by atoms with Crippen LogP contribution in [0.3, 0.4) is 0 Å². The lowest BCUT2D eigenvalue weighted by Crippen LogP contribution is -2.60. The molecule has 9 atom stereocenters. The second-order valence-corrected chi connectivity index (χ2v) is 20.7. The highest BCUT2D eigenvalue weighted by atomic mass is 16.7. The zero-order valence-corrected chi connectivity index (χ0v) is 45.0. The predicted octanol–water partition coefficient (Wildman–Crippen LogP) is 12.3. The molecule has 0 saturated carbocycles. The van der Waals surface area contributed by atoms with Gasteiger partial charge in [-0.15, -0.1) is 0 Å². The molecule has 70 heavy (non-hydrogen) atoms. The molecule has 1 rings (SSSR count). The average Bonchev–Trinajstić information content (AvgIpc) is 3.36. The van der Waals surface area contributed by atoms with Crippen LogP contribution in [0.1, 0.15) is 264 Å². The molecule has 1 amide bonds. The Morgan fingerprint density at radius 2 is 0.886 bits per heavy atom. The van der Waals surface area contributed by atoms with Gasteiger partial charge in [0.05, 0.1) is 25.4 Å². The fourth-order valence-corrected chi connectivity index (χ4v) is 9.36. The maximum absolute atomic E-state index is 13.2. The Hall–Kier alpha value is -1.67. The van der Waals surface area contributed by atoms with E-state index in [1.54, 1.807) is 0 Å². The number of aliphatic hydroxyl groups is 7. The molecular weight excluding hydrogens is 883 g/mol. The zero-order valence-electron chi connectivity index (χ0n) is 45.0. The molecule has 0 radical (unpaired) electrons. The predicted molar refractivity (Wildman–Crippen MR) is 289 cm³/mol. The summed E-state index contributed by atoms with van der Waals surface area (Å²) < 4.78 is 11.1. The topological polar surface area (TPSA) is 189 Å². The number of amides is 1. The van der Waals surface area contributed by atoms with Crippen LogP contribution in [0.15, 0.2) is 36.5 Å². The van der Waals surface area contributed by atoms with E-state index in [-0.39, 0.29) is 12.8 Å². The fraction of sp³-hybridized carbons (Fsp3) is 0.881. The largest absolute Gasteiger partial charge is 0.394 e. The van der Waals surface area contributed by atoms with Gasteiger partial charge in [0.1, 0.15) is 36.6 Å². The van der Waals surface area contributed by atoms with Crippen molar-refractivity contribution in [2.45, 2.75) is 319 Å². The molecule has 0 aromatic carbocycles. The number of carbonyl (C=O) groups is 1. The Morgan fingerprint density at radius 1 is 0.500 bits per heavy atom. The van der Waals surface area contributed by atoms with Crippen LogP contribution >= 0.6 is 0 Å². The number of unbranched alkanes of at least 4 members (excludes halogenated alkanes) is 32. The van der Waals surface area contributed by atoms with E-state index in [0.717, 1.165) is 64.2 Å². The minimum atomic E-state index is -1.67. The van der Waals surface area contributed by atoms with E-state index in [1.165, 1.54) is 161 Å². The van der Waals surface area contributed by atoms with Gasteiger partial charge in [-0.25, -0.2) is 0 Å². The number of carbonyl (C=O) groups excluding carboxylic acids is 1. The summed E-state index contributed by atoms with van der Waals surface area (Å²) in [5, 5.41) is 76.1. The Morgan fingerprint density at radius 3 is 1.31 bits per heavy atom. The van der Waals surface area contributed by atoms with Crippen molar-refractivity contribution in [3.05, 3.63) is 36.5 Å². The summed E-state index contributed by atoms with van der Waals surface area (Å²) in [6.07, 6.45) is 47.7. The SMILES string of the molecule is CCCCCCCCCCC/C=C\C/C=C\CCCCCCCCC(O)C(=O)NC(COC1OC(CO)C(O)C(O)C1O)C(O)C(O)CCC/C=C/CCCCCCCCCCCCCCCCCC. The van der Waals surface area contributed by atoms with Crippen molar-refractivity contribution < 1.29 is 50.0 Å². The number of hydrogen-bond donors (Lipinski definition) is 8. The van der Waals surface area contributed by atoms with Gasteiger partial charge in [-0.05, 0) is 70.6 Å². The van der Waals surface area contributed by atoms with Crippen molar-refractivity contribution in [3.8, 4) is 0 Å². The second kappa shape index (κ2) is 48.3. The summed E-state index contributed by atoms with van der Waals surface area (Å²) in [5.41, 5.74) is 0. The first-order chi connectivity index (χ1) is 34.2. The molecule has 0 aliphatic carbocycles. The third kappa shape index (κ3) is 36.3. The highest BCUT2D eigenvalue weighted by molar-refractivity contribution is 5.80. The molecule has 0 spiro atoms. The molecule has 1 heterocycles. The Labute approximate surface area is 428 Å². The summed E-state index contributed by atoms with van der Waals surface area (Å²) in [6.45, 7) is 3.46. The standard InChI is InChI=1S/C59H111NO10/c1-3-5-7-9-11-13-15-17-19-21-23-25-27-29-31-33-35-37-39-41-43-45-47-52(63)58(68)60-50(49-69-59-57(67)56(66)55(65)53(48-61)70-59)54(64)51(62)46-44-42-40-38-36-34-32-30-28-26-24-22-20-18-16-14-12-10-8-6-4-2/h23,25,29,31,38,40,50-57,59,61-67H,3-22,24,26-28,30,32-37,39,41-49H2,1-2H3,(H,60,68)/b25-23-,31-29-,40-38+. The molecular formula is C59H111NO10. The molecule has 0 aromatic rings. The molecule has 0 bridgehead atoms. The first-order valence-electron chi connectivity index (χ1n) is 29.4. The van der Waals surface area contributed by atoms with Crippen molar-refractivity contribution in [2.75, 3.05) is 13.2 Å². The molecule has 1 fully saturated rings. The number of hydrogen-bond acceptors (Lipinski definition) is 10. The van der Waals surface area contributed by atoms with Crippen LogP contribution in [0.5, 0.6) is 0 Å². The zero-order chi connectivity index (χ0) is 51.1. The Kier molecular flexibility index (Phi) is 45.8. The lowest BCUT2D eigenvalue weighted by atomic mass is 9.98. The number of aliphatic hydroxyl groups excluding tert-OH is 7. The summed E-state index contributed by atoms with van der Waals surface area (Å²) in [6, 6.07) is -1.19. The van der Waals surface area contributed by atoms with Crippen molar-refractivity contribution >= 4 is 5.91 Å². The molecule has 1 saturated heterocycles. The third-order valence-electron chi connectivity index (χ3n) is 14.2. The normalized spacial score (nSPS) is 20.5. The molecule has 9 unspecified atom stereocenters. The van der Waals surface area contributed by atoms with Crippen molar-refractivity contribution in [3.63, 3.8) is 0 Å². The second-order valence-electron chi connectivity index (χ2n) is 20.7. The Bertz CT molecular complexity index is 1230. The van der Waals surface area contributed by atoms with Gasteiger partial charge in [0.2, 0.25) is 5.91 Å². The van der Waals surface area contributed by atoms with E-state index in [2.05, 4.69) is 55.6 Å². The van der Waals surface area contributed by atoms with E-state index in [9.17, 15) is 40.5 Å². The first-order valence-corrected chi connectivity index (χ1v) is 29.4. The van der Waals surface area contributed by atoms with Gasteiger partial charge in [0.15, 0.2) is 6.29 Å². The van der Waals surface area contributed by atoms with Crippen molar-refractivity contribution in [1.82, 2.24) is 5.32 Å². The third-order valence-corrected chi connectivity index (χ3v) is 14.2. The number of nitrogens with one attached hydrogen (secondary N) is 1. The lowest BCUT2D eigenvalue weighted by Gasteiger charge is -2.40. The van der Waals surface area contributed by atoms with Crippen LogP contribution in [-0.4, -0.2) is 110 Å². The minimum Gasteiger partial charge on any atom is -0.394 e. The molecule has 0 aromatic heterocycles. The molecule has 1 aliphatic heterocycles. The minimum absolute atomic E-state index is 0.242. The van der Waals surface area contributed by atoms with Gasteiger partial charge in [-0.3, -0.25) is 4.79 Å². The van der Waals surface area contributed by atoms with Crippen molar-refractivity contribution in [2.24, 2.45) is 0 Å². The average molecular weight is 995 g/mol. The summed E-state index contributed by atoms with van der Waals surface area (Å²) in [7, 11) is 0. The van der Waals surface area contributed by atoms with Crippen LogP contribution in [0.25, 0.3) is 0 Å². The van der Waals surface area contributed by atoms with E-state index in [0.29, 0.717) is 12.8 Å². The maximum atomic E-state index is 13.2. The molecule has 11 heteroatoms. The number of ether oxygens (including phenoxy) is 2. The van der Waals surface area contributed by atoms with E-state index >= 15 is 0 Å². The highest BCUT2D eigenvalue weighted by Gasteiger charge is 2.44. The van der Waals surface area contributed by atoms with E-state index in [4.69, 9.17) is 9.47 Å². The van der Waals surface area contributed by atoms with Crippen LogP contribution in [0, 0.1) is 0 Å². The van der Waals surface area contributed by atoms with Gasteiger partial charge in [0.25, 0.3) is 0 Å². The monoisotopic (exact) mass is 994 g/mol. The Balaban J connectivity index is 2.35. The smallest absolute Gasteiger partial charge is 0.249 e. The van der Waals surface area contributed by atoms with E-state index < -0.39 is 74.2 Å². The first kappa shape index (κ1) is 66.3. The van der Waals surface area contributed by atoms with Crippen LogP contribution in [-0.2, 0) is 14.3 Å². The lowest BCUT2D eigenvalue weighted by molar-refractivity contribution is -0.303. The fourth-order valence-electron chi connectivity index (χ4n) is 9.36. The van der Waals surface area contributed by atoms with Crippen LogP contribution < -0.4 is 5.32 Å². The van der Waals surface area contributed by atoms with Crippen molar-refractivity contribution in [1.29, 1.82) is 0 Å². The van der Waals surface area contributed by atoms with E-state index in [1.807, 2.05) is 0 Å². The van der Waals surface area contributed by atoms with Crippen LogP contribution in [0.4, 0.5) is 0 Å². The maximum Gasteiger partial charge on any atom is 0.249 e. The molecule has 412 valence electrons. The van der Waals surface area contributed by atoms with Gasteiger partial charge in [-0.1, -0.05) is 230 Å². The molecule has 11 nitrogen and oxygen atoms in total. The number of rotatable bonds is 50. The number of allylic oxidation sites excluding steroid dienone is 6. The quantitative estimate of drug-likeness (QED) is 0.0215. The highest BCUT2D eigenvalue weighted by Crippen LogP contribution is 2.23. The summed E-state index contributed by atoms with van der Waals surface area (Å²) in [4.78, 5) is 13.2. The van der Waals surface area contributed by atoms with Crippen LogP contribution in [0.2, 0.25) is 0 Å². The summed E-state index contributed by atoms with van der Waals surface area (Å²) in [5.74, 6) is -0.712. The molecule has 8 N–H and O–H groups in total. The van der Waals surface area contributed by atoms with Gasteiger partial charge in [0, 0.05) is 0 Å².